The summed E-state index contributed by atoms with van der Waals surface area (Å²) in [7, 11) is 1.69. The molecule has 0 saturated carbocycles. The van der Waals surface area contributed by atoms with E-state index in [0.29, 0.717) is 5.92 Å². The van der Waals surface area contributed by atoms with Gasteiger partial charge in [-0.25, -0.2) is 9.97 Å². The summed E-state index contributed by atoms with van der Waals surface area (Å²) in [6.07, 6.45) is 6.69. The van der Waals surface area contributed by atoms with Crippen LogP contribution in [0.1, 0.15) is 13.3 Å². The van der Waals surface area contributed by atoms with Crippen molar-refractivity contribution in [3.8, 4) is 0 Å². The van der Waals surface area contributed by atoms with E-state index in [9.17, 15) is 0 Å². The predicted molar refractivity (Wildman–Crippen MR) is 85.7 cm³/mol. The first-order chi connectivity index (χ1) is 9.67. The number of rotatable bonds is 3. The number of aromatic nitrogens is 2. The Balaban J connectivity index is 1.96. The Hall–Kier alpha value is -1.40. The van der Waals surface area contributed by atoms with Gasteiger partial charge in [0.1, 0.15) is 12.1 Å². The quantitative estimate of drug-likeness (QED) is 0.894. The van der Waals surface area contributed by atoms with Crippen LogP contribution in [-0.2, 0) is 4.74 Å². The number of methoxy groups -OCH3 is 1. The molecule has 0 amide bonds. The first-order valence-corrected chi connectivity index (χ1v) is 7.91. The summed E-state index contributed by atoms with van der Waals surface area (Å²) < 4.78 is 7.42. The third-order valence-electron chi connectivity index (χ3n) is 3.28. The van der Waals surface area contributed by atoms with Gasteiger partial charge in [-0.1, -0.05) is 6.92 Å². The van der Waals surface area contributed by atoms with Crippen molar-refractivity contribution in [3.05, 3.63) is 39.8 Å². The van der Waals surface area contributed by atoms with Crippen LogP contribution in [0.4, 0.5) is 5.82 Å². The summed E-state index contributed by atoms with van der Waals surface area (Å²) >= 11 is 5.13. The minimum absolute atomic E-state index is 0.419. The van der Waals surface area contributed by atoms with E-state index in [-0.39, 0.29) is 0 Å². The van der Waals surface area contributed by atoms with E-state index in [1.54, 1.807) is 24.8 Å². The number of nitrogens with one attached hydrogen (secondary N) is 1. The van der Waals surface area contributed by atoms with Gasteiger partial charge >= 0.3 is 0 Å². The van der Waals surface area contributed by atoms with Gasteiger partial charge in [0.2, 0.25) is 0 Å². The highest BCUT2D eigenvalue weighted by molar-refractivity contribution is 9.11. The standard InChI is InChI=1S/C14H14BrN3OS/c1-8-3-4-9(19-2)5-10(8)18-14-13-11(16-7-17-14)6-12(15)20-13/h4-8H,3H2,1-2H3,(H,16,17,18)/t8-/m0/s1. The van der Waals surface area contributed by atoms with Gasteiger partial charge in [0, 0.05) is 5.70 Å². The first-order valence-electron chi connectivity index (χ1n) is 6.30. The highest BCUT2D eigenvalue weighted by atomic mass is 79.9. The van der Waals surface area contributed by atoms with E-state index < -0.39 is 0 Å². The molecule has 0 saturated heterocycles. The lowest BCUT2D eigenvalue weighted by Gasteiger charge is -2.21. The number of ether oxygens (including phenoxy) is 1. The third kappa shape index (κ3) is 2.58. The Morgan fingerprint density at radius 1 is 1.45 bits per heavy atom. The normalized spacial score (nSPS) is 18.6. The number of fused-ring (bicyclic) bond motifs is 1. The topological polar surface area (TPSA) is 47.0 Å². The number of nitrogens with zero attached hydrogens (tertiary/aromatic N) is 2. The van der Waals surface area contributed by atoms with Crippen molar-refractivity contribution >= 4 is 43.3 Å². The van der Waals surface area contributed by atoms with Gasteiger partial charge in [-0.2, -0.15) is 0 Å². The van der Waals surface area contributed by atoms with Crippen LogP contribution in [0.3, 0.4) is 0 Å². The van der Waals surface area contributed by atoms with Gasteiger partial charge in [0.25, 0.3) is 0 Å². The van der Waals surface area contributed by atoms with Gasteiger partial charge in [-0.05, 0) is 46.5 Å². The van der Waals surface area contributed by atoms with E-state index in [0.717, 1.165) is 37.7 Å². The Bertz CT molecular complexity index is 708. The smallest absolute Gasteiger partial charge is 0.151 e. The SMILES string of the molecule is COC1=CC[C@H](C)C(Nc2ncnc3cc(Br)sc23)=C1. The van der Waals surface area contributed by atoms with Gasteiger partial charge in [-0.15, -0.1) is 11.3 Å². The van der Waals surface area contributed by atoms with E-state index in [4.69, 9.17) is 4.74 Å². The number of hydrogen-bond donors (Lipinski definition) is 1. The van der Waals surface area contributed by atoms with Crippen LogP contribution >= 0.6 is 27.3 Å². The minimum Gasteiger partial charge on any atom is -0.497 e. The van der Waals surface area contributed by atoms with Crippen molar-refractivity contribution in [2.75, 3.05) is 12.4 Å². The maximum Gasteiger partial charge on any atom is 0.151 e. The molecule has 0 spiro atoms. The molecule has 0 fully saturated rings. The van der Waals surface area contributed by atoms with E-state index in [2.05, 4.69) is 44.2 Å². The molecule has 0 unspecified atom stereocenters. The Morgan fingerprint density at radius 2 is 2.30 bits per heavy atom. The molecule has 104 valence electrons. The van der Waals surface area contributed by atoms with Crippen molar-refractivity contribution in [1.82, 2.24) is 9.97 Å². The lowest BCUT2D eigenvalue weighted by molar-refractivity contribution is 0.300. The molecule has 20 heavy (non-hydrogen) atoms. The zero-order valence-electron chi connectivity index (χ0n) is 11.2. The summed E-state index contributed by atoms with van der Waals surface area (Å²) in [6.45, 7) is 2.19. The fraction of sp³-hybridized carbons (Fsp3) is 0.286. The summed E-state index contributed by atoms with van der Waals surface area (Å²) in [5, 5.41) is 3.43. The second-order valence-electron chi connectivity index (χ2n) is 4.66. The molecule has 4 nitrogen and oxygen atoms in total. The molecule has 1 aliphatic carbocycles. The maximum absolute atomic E-state index is 5.31. The van der Waals surface area contributed by atoms with Crippen LogP contribution in [0.5, 0.6) is 0 Å². The van der Waals surface area contributed by atoms with Crippen LogP contribution in [0.15, 0.2) is 39.8 Å². The molecule has 0 aliphatic heterocycles. The average molecular weight is 352 g/mol. The number of allylic oxidation sites excluding steroid dienone is 3. The monoisotopic (exact) mass is 351 g/mol. The van der Waals surface area contributed by atoms with E-state index >= 15 is 0 Å². The summed E-state index contributed by atoms with van der Waals surface area (Å²) in [4.78, 5) is 8.65. The van der Waals surface area contributed by atoms with Crippen molar-refractivity contribution in [1.29, 1.82) is 0 Å². The molecule has 6 heteroatoms. The zero-order valence-corrected chi connectivity index (χ0v) is 13.6. The van der Waals surface area contributed by atoms with Gasteiger partial charge in [0.15, 0.2) is 5.82 Å². The summed E-state index contributed by atoms with van der Waals surface area (Å²) in [5.74, 6) is 2.16. The van der Waals surface area contributed by atoms with Crippen LogP contribution in [0.2, 0.25) is 0 Å². The summed E-state index contributed by atoms with van der Waals surface area (Å²) in [6, 6.07) is 2.01. The Morgan fingerprint density at radius 3 is 3.10 bits per heavy atom. The van der Waals surface area contributed by atoms with Gasteiger partial charge < -0.3 is 10.1 Å². The van der Waals surface area contributed by atoms with Crippen molar-refractivity contribution in [2.45, 2.75) is 13.3 Å². The molecular formula is C14H14BrN3OS. The Labute approximate surface area is 129 Å². The van der Waals surface area contributed by atoms with Gasteiger partial charge in [0.05, 0.1) is 21.1 Å². The number of halogens is 1. The fourth-order valence-electron chi connectivity index (χ4n) is 2.13. The molecule has 2 heterocycles. The van der Waals surface area contributed by atoms with Crippen LogP contribution < -0.4 is 5.32 Å². The maximum atomic E-state index is 5.31. The van der Waals surface area contributed by atoms with E-state index in [1.165, 1.54) is 0 Å². The van der Waals surface area contributed by atoms with Crippen molar-refractivity contribution < 1.29 is 4.74 Å². The third-order valence-corrected chi connectivity index (χ3v) is 4.91. The molecule has 1 aliphatic rings. The van der Waals surface area contributed by atoms with Crippen molar-refractivity contribution in [3.63, 3.8) is 0 Å². The predicted octanol–water partition coefficient (Wildman–Crippen LogP) is 4.32. The number of anilines is 1. The molecule has 1 N–H and O–H groups in total. The number of hydrogen-bond acceptors (Lipinski definition) is 5. The molecule has 0 radical (unpaired) electrons. The van der Waals surface area contributed by atoms with Crippen LogP contribution in [-0.4, -0.2) is 17.1 Å². The summed E-state index contributed by atoms with van der Waals surface area (Å²) in [5.41, 5.74) is 2.07. The zero-order chi connectivity index (χ0) is 14.1. The largest absolute Gasteiger partial charge is 0.497 e. The molecule has 3 rings (SSSR count). The molecule has 0 aromatic carbocycles. The van der Waals surface area contributed by atoms with Crippen LogP contribution in [0, 0.1) is 5.92 Å². The fourth-order valence-corrected chi connectivity index (χ4v) is 3.61. The van der Waals surface area contributed by atoms with Crippen molar-refractivity contribution in [2.24, 2.45) is 5.92 Å². The minimum atomic E-state index is 0.419. The average Bonchev–Trinajstić information content (AvgIpc) is 2.82. The molecule has 2 aromatic heterocycles. The van der Waals surface area contributed by atoms with Gasteiger partial charge in [-0.3, -0.25) is 0 Å². The lowest BCUT2D eigenvalue weighted by atomic mass is 9.98. The highest BCUT2D eigenvalue weighted by Crippen LogP contribution is 2.34. The lowest BCUT2D eigenvalue weighted by Crippen LogP contribution is -2.13. The van der Waals surface area contributed by atoms with Crippen LogP contribution in [0.25, 0.3) is 10.2 Å². The second-order valence-corrected chi connectivity index (χ2v) is 7.09. The first kappa shape index (κ1) is 13.6. The molecular weight excluding hydrogens is 338 g/mol. The second kappa shape index (κ2) is 5.54. The molecule has 0 bridgehead atoms. The molecule has 2 aromatic rings. The number of thiophene rings is 1. The molecule has 1 atom stereocenters. The Kier molecular flexibility index (Phi) is 3.76. The highest BCUT2D eigenvalue weighted by Gasteiger charge is 2.16. The van der Waals surface area contributed by atoms with E-state index in [1.807, 2.05) is 12.1 Å².